The number of ether oxygens (including phenoxy) is 1. The molecule has 0 unspecified atom stereocenters. The molecule has 0 spiro atoms. The normalized spacial score (nSPS) is 13.7. The summed E-state index contributed by atoms with van der Waals surface area (Å²) in [4.78, 5) is 24.3. The molecule has 0 fully saturated rings. The fourth-order valence-corrected chi connectivity index (χ4v) is 2.16. The predicted molar refractivity (Wildman–Crippen MR) is 74.1 cm³/mol. The summed E-state index contributed by atoms with van der Waals surface area (Å²) in [6.45, 7) is 0.818. The third-order valence-corrected chi connectivity index (χ3v) is 3.24. The van der Waals surface area contributed by atoms with Gasteiger partial charge in [-0.2, -0.15) is 0 Å². The summed E-state index contributed by atoms with van der Waals surface area (Å²) in [6, 6.07) is 10.0. The molecule has 4 nitrogen and oxygen atoms in total. The quantitative estimate of drug-likeness (QED) is 0.860. The van der Waals surface area contributed by atoms with E-state index in [1.54, 1.807) is 12.1 Å². The summed E-state index contributed by atoms with van der Waals surface area (Å²) < 4.78 is 18.3. The van der Waals surface area contributed by atoms with Crippen LogP contribution in [-0.4, -0.2) is 24.8 Å². The number of hydrogen-bond donors (Lipinski definition) is 1. The number of hydrogen-bond acceptors (Lipinski definition) is 3. The second-order valence-electron chi connectivity index (χ2n) is 4.65. The fourth-order valence-electron chi connectivity index (χ4n) is 2.16. The topological polar surface area (TPSA) is 55.4 Å². The van der Waals surface area contributed by atoms with E-state index in [0.29, 0.717) is 35.6 Å². The van der Waals surface area contributed by atoms with E-state index in [9.17, 15) is 14.0 Å². The highest BCUT2D eigenvalue weighted by Gasteiger charge is 2.19. The Labute approximate surface area is 120 Å². The van der Waals surface area contributed by atoms with Crippen molar-refractivity contribution in [3.8, 4) is 5.75 Å². The van der Waals surface area contributed by atoms with E-state index in [1.165, 1.54) is 30.3 Å². The molecule has 1 aliphatic heterocycles. The zero-order valence-corrected chi connectivity index (χ0v) is 11.1. The van der Waals surface area contributed by atoms with Gasteiger partial charge in [0.25, 0.3) is 5.91 Å². The largest absolute Gasteiger partial charge is 0.491 e. The van der Waals surface area contributed by atoms with Crippen molar-refractivity contribution in [1.82, 2.24) is 5.32 Å². The zero-order chi connectivity index (χ0) is 14.8. The fraction of sp³-hybridized carbons (Fsp3) is 0.125. The van der Waals surface area contributed by atoms with Gasteiger partial charge in [0, 0.05) is 11.1 Å². The van der Waals surface area contributed by atoms with Crippen LogP contribution in [0.3, 0.4) is 0 Å². The average Bonchev–Trinajstić information content (AvgIpc) is 2.69. The van der Waals surface area contributed by atoms with Crippen molar-refractivity contribution in [2.45, 2.75) is 0 Å². The predicted octanol–water partition coefficient (Wildman–Crippen LogP) is 2.18. The van der Waals surface area contributed by atoms with Gasteiger partial charge < -0.3 is 10.1 Å². The molecular formula is C16H12FNO3. The maximum Gasteiger partial charge on any atom is 0.255 e. The molecule has 2 aromatic carbocycles. The summed E-state index contributed by atoms with van der Waals surface area (Å²) in [5.74, 6) is -0.479. The Morgan fingerprint density at radius 2 is 1.81 bits per heavy atom. The van der Waals surface area contributed by atoms with E-state index in [1.807, 2.05) is 0 Å². The Hall–Kier alpha value is -2.69. The number of fused-ring (bicyclic) bond motifs is 1. The molecule has 0 aromatic heterocycles. The highest BCUT2D eigenvalue weighted by molar-refractivity contribution is 6.10. The molecule has 106 valence electrons. The maximum absolute atomic E-state index is 12.9. The van der Waals surface area contributed by atoms with Gasteiger partial charge in [-0.25, -0.2) is 4.39 Å². The first-order chi connectivity index (χ1) is 10.1. The first kappa shape index (κ1) is 13.3. The molecule has 0 atom stereocenters. The van der Waals surface area contributed by atoms with Crippen molar-refractivity contribution in [1.29, 1.82) is 0 Å². The monoisotopic (exact) mass is 285 g/mol. The van der Waals surface area contributed by atoms with E-state index >= 15 is 0 Å². The number of rotatable bonds is 2. The van der Waals surface area contributed by atoms with Crippen LogP contribution in [0.25, 0.3) is 0 Å². The van der Waals surface area contributed by atoms with Gasteiger partial charge in [-0.3, -0.25) is 9.59 Å². The van der Waals surface area contributed by atoms with Gasteiger partial charge in [-0.05, 0) is 42.5 Å². The van der Waals surface area contributed by atoms with Gasteiger partial charge in [-0.15, -0.1) is 0 Å². The third-order valence-electron chi connectivity index (χ3n) is 3.24. The van der Waals surface area contributed by atoms with Crippen LogP contribution >= 0.6 is 0 Å². The van der Waals surface area contributed by atoms with Crippen LogP contribution in [-0.2, 0) is 0 Å². The molecule has 2 aromatic rings. The van der Waals surface area contributed by atoms with E-state index < -0.39 is 5.82 Å². The standard InChI is InChI=1S/C16H12FNO3/c17-12-4-1-10(2-5-12)15(19)11-3-6-14-13(9-11)16(20)18-7-8-21-14/h1-6,9H,7-8H2,(H,18,20). The summed E-state index contributed by atoms with van der Waals surface area (Å²) in [5.41, 5.74) is 1.06. The Kier molecular flexibility index (Phi) is 3.39. The maximum atomic E-state index is 12.9. The van der Waals surface area contributed by atoms with E-state index in [-0.39, 0.29) is 11.7 Å². The average molecular weight is 285 g/mol. The van der Waals surface area contributed by atoms with Gasteiger partial charge in [0.05, 0.1) is 12.1 Å². The SMILES string of the molecule is O=C(c1ccc(F)cc1)c1ccc2c(c1)C(=O)NCCO2. The second-order valence-corrected chi connectivity index (χ2v) is 4.65. The molecule has 5 heteroatoms. The van der Waals surface area contributed by atoms with Crippen LogP contribution in [0.4, 0.5) is 4.39 Å². The zero-order valence-electron chi connectivity index (χ0n) is 11.1. The summed E-state index contributed by atoms with van der Waals surface area (Å²) in [7, 11) is 0. The second kappa shape index (κ2) is 5.36. The van der Waals surface area contributed by atoms with Crippen molar-refractivity contribution in [3.63, 3.8) is 0 Å². The highest BCUT2D eigenvalue weighted by atomic mass is 19.1. The molecular weight excluding hydrogens is 273 g/mol. The Balaban J connectivity index is 1.98. The molecule has 1 amide bonds. The lowest BCUT2D eigenvalue weighted by Gasteiger charge is -2.07. The lowest BCUT2D eigenvalue weighted by Crippen LogP contribution is -2.24. The van der Waals surface area contributed by atoms with Gasteiger partial charge in [0.1, 0.15) is 18.2 Å². The van der Waals surface area contributed by atoms with Gasteiger partial charge in [-0.1, -0.05) is 0 Å². The van der Waals surface area contributed by atoms with Crippen LogP contribution in [0, 0.1) is 5.82 Å². The van der Waals surface area contributed by atoms with E-state index in [4.69, 9.17) is 4.74 Å². The molecule has 21 heavy (non-hydrogen) atoms. The molecule has 0 radical (unpaired) electrons. The van der Waals surface area contributed by atoms with E-state index in [2.05, 4.69) is 5.32 Å². The number of nitrogens with one attached hydrogen (secondary N) is 1. The minimum atomic E-state index is -0.402. The molecule has 0 aliphatic carbocycles. The summed E-state index contributed by atoms with van der Waals surface area (Å²) in [6.07, 6.45) is 0. The smallest absolute Gasteiger partial charge is 0.255 e. The van der Waals surface area contributed by atoms with Crippen LogP contribution in [0.5, 0.6) is 5.75 Å². The van der Waals surface area contributed by atoms with Crippen LogP contribution in [0.2, 0.25) is 0 Å². The molecule has 3 rings (SSSR count). The molecule has 0 saturated heterocycles. The lowest BCUT2D eigenvalue weighted by atomic mass is 10.0. The third kappa shape index (κ3) is 2.63. The number of carbonyl (C=O) groups is 2. The lowest BCUT2D eigenvalue weighted by molar-refractivity contribution is 0.0957. The first-order valence-corrected chi connectivity index (χ1v) is 6.50. The Bertz CT molecular complexity index is 710. The molecule has 1 heterocycles. The number of carbonyl (C=O) groups excluding carboxylic acids is 2. The minimum absolute atomic E-state index is 0.267. The summed E-state index contributed by atoms with van der Waals surface area (Å²) in [5, 5.41) is 2.69. The van der Waals surface area contributed by atoms with Crippen LogP contribution < -0.4 is 10.1 Å². The van der Waals surface area contributed by atoms with Crippen molar-refractivity contribution in [2.24, 2.45) is 0 Å². The minimum Gasteiger partial charge on any atom is -0.491 e. The van der Waals surface area contributed by atoms with Gasteiger partial charge in [0.15, 0.2) is 5.78 Å². The van der Waals surface area contributed by atoms with Crippen molar-refractivity contribution in [3.05, 3.63) is 65.0 Å². The highest BCUT2D eigenvalue weighted by Crippen LogP contribution is 2.23. The van der Waals surface area contributed by atoms with Crippen LogP contribution in [0.15, 0.2) is 42.5 Å². The van der Waals surface area contributed by atoms with Crippen molar-refractivity contribution < 1.29 is 18.7 Å². The summed E-state index contributed by atoms with van der Waals surface area (Å²) >= 11 is 0. The number of benzene rings is 2. The Morgan fingerprint density at radius 1 is 1.10 bits per heavy atom. The molecule has 1 aliphatic rings. The first-order valence-electron chi connectivity index (χ1n) is 6.50. The number of amides is 1. The van der Waals surface area contributed by atoms with E-state index in [0.717, 1.165) is 0 Å². The van der Waals surface area contributed by atoms with Crippen molar-refractivity contribution in [2.75, 3.05) is 13.2 Å². The molecule has 1 N–H and O–H groups in total. The van der Waals surface area contributed by atoms with Gasteiger partial charge >= 0.3 is 0 Å². The number of halogens is 1. The Morgan fingerprint density at radius 3 is 2.57 bits per heavy atom. The number of ketones is 1. The van der Waals surface area contributed by atoms with Crippen molar-refractivity contribution >= 4 is 11.7 Å². The van der Waals surface area contributed by atoms with Gasteiger partial charge in [0.2, 0.25) is 0 Å². The molecule has 0 saturated carbocycles. The molecule has 0 bridgehead atoms. The van der Waals surface area contributed by atoms with Crippen LogP contribution in [0.1, 0.15) is 26.3 Å².